The molecule has 0 bridgehead atoms. The molecule has 108 valence electrons. The summed E-state index contributed by atoms with van der Waals surface area (Å²) in [6.45, 7) is 3.54. The third-order valence-electron chi connectivity index (χ3n) is 4.01. The maximum Gasteiger partial charge on any atom is 0.290 e. The van der Waals surface area contributed by atoms with Crippen LogP contribution in [-0.2, 0) is 12.8 Å². The number of nitrogens with zero attached hydrogens (tertiary/aromatic N) is 3. The summed E-state index contributed by atoms with van der Waals surface area (Å²) in [5.41, 5.74) is 3.51. The lowest BCUT2D eigenvalue weighted by molar-refractivity contribution is -0.385. The van der Waals surface area contributed by atoms with Gasteiger partial charge in [0.05, 0.1) is 4.92 Å². The molecule has 0 aliphatic carbocycles. The number of anilines is 1. The highest BCUT2D eigenvalue weighted by Crippen LogP contribution is 2.24. The van der Waals surface area contributed by atoms with E-state index in [-0.39, 0.29) is 10.6 Å². The lowest BCUT2D eigenvalue weighted by atomic mass is 10.0. The lowest BCUT2D eigenvalue weighted by Gasteiger charge is -2.21. The Bertz CT molecular complexity index is 658. The van der Waals surface area contributed by atoms with Crippen molar-refractivity contribution in [1.82, 2.24) is 4.98 Å². The largest absolute Gasteiger partial charge is 0.356 e. The molecule has 1 aromatic heterocycles. The summed E-state index contributed by atoms with van der Waals surface area (Å²) >= 11 is 0. The Morgan fingerprint density at radius 1 is 1.19 bits per heavy atom. The summed E-state index contributed by atoms with van der Waals surface area (Å²) < 4.78 is 0. The normalized spacial score (nSPS) is 14.4. The fourth-order valence-electron chi connectivity index (χ4n) is 2.80. The second kappa shape index (κ2) is 5.52. The molecular weight excluding hydrogens is 266 g/mol. The molecule has 3 rings (SSSR count). The van der Waals surface area contributed by atoms with Crippen molar-refractivity contribution in [2.24, 2.45) is 0 Å². The van der Waals surface area contributed by atoms with E-state index in [1.807, 2.05) is 6.07 Å². The van der Waals surface area contributed by atoms with Crippen molar-refractivity contribution in [2.75, 3.05) is 18.0 Å². The molecule has 1 aliphatic heterocycles. The first-order chi connectivity index (χ1) is 10.1. The molecule has 5 heteroatoms. The Morgan fingerprint density at radius 3 is 2.33 bits per heavy atom. The maximum atomic E-state index is 10.9. The quantitative estimate of drug-likeness (QED) is 0.628. The summed E-state index contributed by atoms with van der Waals surface area (Å²) in [4.78, 5) is 17.0. The third kappa shape index (κ3) is 2.72. The van der Waals surface area contributed by atoms with E-state index in [0.717, 1.165) is 31.7 Å². The molecule has 21 heavy (non-hydrogen) atoms. The molecule has 0 saturated heterocycles. The zero-order valence-corrected chi connectivity index (χ0v) is 12.0. The fourth-order valence-corrected chi connectivity index (χ4v) is 2.80. The van der Waals surface area contributed by atoms with E-state index in [0.29, 0.717) is 5.56 Å². The highest BCUT2D eigenvalue weighted by Gasteiger charge is 2.17. The van der Waals surface area contributed by atoms with E-state index in [2.05, 4.69) is 34.1 Å². The van der Waals surface area contributed by atoms with E-state index in [4.69, 9.17) is 0 Å². The smallest absolute Gasteiger partial charge is 0.290 e. The van der Waals surface area contributed by atoms with Crippen LogP contribution in [0.2, 0.25) is 0 Å². The Hall–Kier alpha value is -2.43. The average molecular weight is 283 g/mol. The van der Waals surface area contributed by atoms with Gasteiger partial charge in [0.25, 0.3) is 5.69 Å². The van der Waals surface area contributed by atoms with Gasteiger partial charge in [0.1, 0.15) is 12.0 Å². The van der Waals surface area contributed by atoms with Crippen LogP contribution in [0.3, 0.4) is 0 Å². The molecule has 2 heterocycles. The van der Waals surface area contributed by atoms with E-state index in [1.54, 1.807) is 6.92 Å². The summed E-state index contributed by atoms with van der Waals surface area (Å²) in [5.74, 6) is 0.825. The molecule has 0 spiro atoms. The number of aromatic nitrogens is 1. The molecule has 0 saturated carbocycles. The van der Waals surface area contributed by atoms with Crippen LogP contribution in [0.25, 0.3) is 0 Å². The number of pyridine rings is 1. The first-order valence-corrected chi connectivity index (χ1v) is 7.08. The number of nitro groups is 1. The van der Waals surface area contributed by atoms with Gasteiger partial charge >= 0.3 is 0 Å². The van der Waals surface area contributed by atoms with Crippen molar-refractivity contribution in [3.05, 3.63) is 63.3 Å². The Kier molecular flexibility index (Phi) is 3.56. The molecule has 0 N–H and O–H groups in total. The second-order valence-corrected chi connectivity index (χ2v) is 5.34. The SMILES string of the molecule is Cc1cc(N2CCc3ccccc3CC2)ncc1[N+](=O)[O-]. The Balaban J connectivity index is 1.83. The van der Waals surface area contributed by atoms with E-state index >= 15 is 0 Å². The van der Waals surface area contributed by atoms with Crippen LogP contribution in [0.1, 0.15) is 16.7 Å². The first-order valence-electron chi connectivity index (χ1n) is 7.08. The molecule has 0 unspecified atom stereocenters. The van der Waals surface area contributed by atoms with Crippen LogP contribution in [0.5, 0.6) is 0 Å². The topological polar surface area (TPSA) is 59.3 Å². The number of hydrogen-bond donors (Lipinski definition) is 0. The molecule has 0 fully saturated rings. The van der Waals surface area contributed by atoms with Gasteiger partial charge in [0.15, 0.2) is 0 Å². The minimum atomic E-state index is -0.385. The summed E-state index contributed by atoms with van der Waals surface area (Å²) in [6, 6.07) is 10.3. The van der Waals surface area contributed by atoms with Crippen molar-refractivity contribution in [2.45, 2.75) is 19.8 Å². The zero-order valence-electron chi connectivity index (χ0n) is 12.0. The molecule has 0 radical (unpaired) electrons. The van der Waals surface area contributed by atoms with Gasteiger partial charge in [-0.2, -0.15) is 0 Å². The van der Waals surface area contributed by atoms with Gasteiger partial charge in [-0.1, -0.05) is 24.3 Å². The number of fused-ring (bicyclic) bond motifs is 1. The predicted molar refractivity (Wildman–Crippen MR) is 81.7 cm³/mol. The molecular formula is C16H17N3O2. The van der Waals surface area contributed by atoms with Crippen LogP contribution >= 0.6 is 0 Å². The molecule has 1 aliphatic rings. The summed E-state index contributed by atoms with van der Waals surface area (Å²) in [6.07, 6.45) is 3.32. The fraction of sp³-hybridized carbons (Fsp3) is 0.312. The minimum absolute atomic E-state index is 0.0804. The van der Waals surface area contributed by atoms with Crippen LogP contribution in [-0.4, -0.2) is 23.0 Å². The van der Waals surface area contributed by atoms with E-state index < -0.39 is 0 Å². The van der Waals surface area contributed by atoms with Gasteiger partial charge in [-0.05, 0) is 37.0 Å². The Morgan fingerprint density at radius 2 is 1.81 bits per heavy atom. The van der Waals surface area contributed by atoms with Crippen LogP contribution in [0.4, 0.5) is 11.5 Å². The lowest BCUT2D eigenvalue weighted by Crippen LogP contribution is -2.27. The molecule has 1 aromatic carbocycles. The van der Waals surface area contributed by atoms with Crippen molar-refractivity contribution >= 4 is 11.5 Å². The summed E-state index contributed by atoms with van der Waals surface area (Å²) in [7, 11) is 0. The molecule has 5 nitrogen and oxygen atoms in total. The highest BCUT2D eigenvalue weighted by atomic mass is 16.6. The number of benzene rings is 1. The van der Waals surface area contributed by atoms with Crippen LogP contribution < -0.4 is 4.90 Å². The maximum absolute atomic E-state index is 10.9. The second-order valence-electron chi connectivity index (χ2n) is 5.34. The van der Waals surface area contributed by atoms with E-state index in [9.17, 15) is 10.1 Å². The van der Waals surface area contributed by atoms with Crippen LogP contribution in [0.15, 0.2) is 36.5 Å². The van der Waals surface area contributed by atoms with Gasteiger partial charge in [0.2, 0.25) is 0 Å². The summed E-state index contributed by atoms with van der Waals surface area (Å²) in [5, 5.41) is 10.9. The van der Waals surface area contributed by atoms with Gasteiger partial charge in [0, 0.05) is 18.7 Å². The van der Waals surface area contributed by atoms with Gasteiger partial charge < -0.3 is 4.90 Å². The van der Waals surface area contributed by atoms with Gasteiger partial charge in [-0.3, -0.25) is 10.1 Å². The van der Waals surface area contributed by atoms with Gasteiger partial charge in [-0.25, -0.2) is 4.98 Å². The van der Waals surface area contributed by atoms with Crippen molar-refractivity contribution in [3.63, 3.8) is 0 Å². The highest BCUT2D eigenvalue weighted by molar-refractivity contribution is 5.49. The van der Waals surface area contributed by atoms with Crippen LogP contribution in [0, 0.1) is 17.0 Å². The molecule has 0 atom stereocenters. The average Bonchev–Trinajstić information content (AvgIpc) is 2.69. The van der Waals surface area contributed by atoms with Gasteiger partial charge in [-0.15, -0.1) is 0 Å². The first kappa shape index (κ1) is 13.5. The standard InChI is InChI=1S/C16H17N3O2/c1-12-10-16(17-11-15(12)19(20)21)18-8-6-13-4-2-3-5-14(13)7-9-18/h2-5,10-11H,6-9H2,1H3. The minimum Gasteiger partial charge on any atom is -0.356 e. The predicted octanol–water partition coefficient (Wildman–Crippen LogP) is 2.90. The number of rotatable bonds is 2. The van der Waals surface area contributed by atoms with Crippen molar-refractivity contribution < 1.29 is 4.92 Å². The van der Waals surface area contributed by atoms with Crippen molar-refractivity contribution in [3.8, 4) is 0 Å². The third-order valence-corrected chi connectivity index (χ3v) is 4.01. The number of hydrogen-bond acceptors (Lipinski definition) is 4. The van der Waals surface area contributed by atoms with Crippen molar-refractivity contribution in [1.29, 1.82) is 0 Å². The zero-order chi connectivity index (χ0) is 14.8. The monoisotopic (exact) mass is 283 g/mol. The Labute approximate surface area is 123 Å². The molecule has 2 aromatic rings. The van der Waals surface area contributed by atoms with E-state index in [1.165, 1.54) is 17.3 Å². The number of aryl methyl sites for hydroxylation is 1. The molecule has 0 amide bonds.